The SMILES string of the molecule is Cc1ncccc1C(=O)OCCCn1nc2ccccn2c1=O. The second-order valence-electron chi connectivity index (χ2n) is 5.06. The molecule has 0 fully saturated rings. The van der Waals surface area contributed by atoms with Crippen LogP contribution in [0, 0.1) is 6.92 Å². The second-order valence-corrected chi connectivity index (χ2v) is 5.06. The van der Waals surface area contributed by atoms with E-state index in [1.165, 1.54) is 9.08 Å². The fraction of sp³-hybridized carbons (Fsp3) is 0.250. The molecule has 23 heavy (non-hydrogen) atoms. The van der Waals surface area contributed by atoms with E-state index in [0.717, 1.165) is 0 Å². The van der Waals surface area contributed by atoms with E-state index in [1.807, 2.05) is 6.07 Å². The largest absolute Gasteiger partial charge is 0.462 e. The van der Waals surface area contributed by atoms with Crippen LogP contribution in [0.1, 0.15) is 22.5 Å². The lowest BCUT2D eigenvalue weighted by atomic mass is 10.2. The highest BCUT2D eigenvalue weighted by Gasteiger charge is 2.11. The van der Waals surface area contributed by atoms with Crippen LogP contribution in [0.15, 0.2) is 47.5 Å². The van der Waals surface area contributed by atoms with Crippen molar-refractivity contribution in [3.63, 3.8) is 0 Å². The quantitative estimate of drug-likeness (QED) is 0.526. The lowest BCUT2D eigenvalue weighted by Gasteiger charge is -2.06. The molecule has 7 heteroatoms. The molecule has 118 valence electrons. The molecule has 0 N–H and O–H groups in total. The van der Waals surface area contributed by atoms with Gasteiger partial charge in [0.15, 0.2) is 5.65 Å². The first-order valence-corrected chi connectivity index (χ1v) is 7.30. The van der Waals surface area contributed by atoms with Crippen LogP contribution in [0.2, 0.25) is 0 Å². The van der Waals surface area contributed by atoms with Crippen LogP contribution in [0.4, 0.5) is 0 Å². The fourth-order valence-corrected chi connectivity index (χ4v) is 2.27. The van der Waals surface area contributed by atoms with E-state index in [2.05, 4.69) is 10.1 Å². The smallest absolute Gasteiger partial charge is 0.350 e. The van der Waals surface area contributed by atoms with Crippen molar-refractivity contribution in [2.45, 2.75) is 19.9 Å². The molecule has 0 saturated carbocycles. The Morgan fingerprint density at radius 3 is 2.91 bits per heavy atom. The molecule has 0 bridgehead atoms. The molecule has 3 aromatic rings. The van der Waals surface area contributed by atoms with Crippen LogP contribution in [0.25, 0.3) is 5.65 Å². The summed E-state index contributed by atoms with van der Waals surface area (Å²) in [5, 5.41) is 4.22. The maximum absolute atomic E-state index is 12.1. The highest BCUT2D eigenvalue weighted by molar-refractivity contribution is 5.90. The zero-order chi connectivity index (χ0) is 16.2. The minimum Gasteiger partial charge on any atom is -0.462 e. The predicted octanol–water partition coefficient (Wildman–Crippen LogP) is 1.45. The lowest BCUT2D eigenvalue weighted by Crippen LogP contribution is -2.22. The van der Waals surface area contributed by atoms with Gasteiger partial charge >= 0.3 is 11.7 Å². The number of ether oxygens (including phenoxy) is 1. The number of nitrogens with zero attached hydrogens (tertiary/aromatic N) is 4. The third-order valence-electron chi connectivity index (χ3n) is 3.46. The molecule has 7 nitrogen and oxygen atoms in total. The van der Waals surface area contributed by atoms with Gasteiger partial charge in [-0.2, -0.15) is 0 Å². The Hall–Kier alpha value is -2.96. The maximum Gasteiger partial charge on any atom is 0.350 e. The average molecular weight is 312 g/mol. The molecular weight excluding hydrogens is 296 g/mol. The normalized spacial score (nSPS) is 10.8. The van der Waals surface area contributed by atoms with Crippen molar-refractivity contribution in [1.29, 1.82) is 0 Å². The first-order chi connectivity index (χ1) is 11.2. The van der Waals surface area contributed by atoms with E-state index in [-0.39, 0.29) is 12.3 Å². The Bertz CT molecular complexity index is 897. The van der Waals surface area contributed by atoms with Gasteiger partial charge in [-0.25, -0.2) is 14.3 Å². The molecule has 0 spiro atoms. The number of hydrogen-bond donors (Lipinski definition) is 0. The molecule has 3 aromatic heterocycles. The van der Waals surface area contributed by atoms with Gasteiger partial charge in [-0.1, -0.05) is 6.07 Å². The number of carbonyl (C=O) groups excluding carboxylic acids is 1. The van der Waals surface area contributed by atoms with Gasteiger partial charge in [-0.05, 0) is 31.2 Å². The maximum atomic E-state index is 12.1. The van der Waals surface area contributed by atoms with Crippen molar-refractivity contribution in [2.75, 3.05) is 6.61 Å². The zero-order valence-corrected chi connectivity index (χ0v) is 12.7. The van der Waals surface area contributed by atoms with Gasteiger partial charge in [0.25, 0.3) is 0 Å². The molecule has 0 saturated heterocycles. The second kappa shape index (κ2) is 6.43. The van der Waals surface area contributed by atoms with Gasteiger partial charge in [0, 0.05) is 25.4 Å². The van der Waals surface area contributed by atoms with E-state index >= 15 is 0 Å². The summed E-state index contributed by atoms with van der Waals surface area (Å²) in [6.45, 7) is 2.36. The third kappa shape index (κ3) is 3.13. The standard InChI is InChI=1S/C16H16N4O3/c1-12-13(6-4-8-17-12)15(21)23-11-5-10-20-16(22)19-9-3-2-7-14(19)18-20/h2-4,6-9H,5,10-11H2,1H3. The Morgan fingerprint density at radius 2 is 2.13 bits per heavy atom. The van der Waals surface area contributed by atoms with E-state index < -0.39 is 5.97 Å². The van der Waals surface area contributed by atoms with Crippen molar-refractivity contribution < 1.29 is 9.53 Å². The topological polar surface area (TPSA) is 78.5 Å². The van der Waals surface area contributed by atoms with Crippen LogP contribution in [0.3, 0.4) is 0 Å². The lowest BCUT2D eigenvalue weighted by molar-refractivity contribution is 0.0493. The molecular formula is C16H16N4O3. The summed E-state index contributed by atoms with van der Waals surface area (Å²) < 4.78 is 8.07. The van der Waals surface area contributed by atoms with Crippen LogP contribution in [-0.2, 0) is 11.3 Å². The van der Waals surface area contributed by atoms with Gasteiger partial charge in [0.2, 0.25) is 0 Å². The Kier molecular flexibility index (Phi) is 4.18. The zero-order valence-electron chi connectivity index (χ0n) is 12.7. The van der Waals surface area contributed by atoms with E-state index in [9.17, 15) is 9.59 Å². The Labute approximate surface area is 132 Å². The number of aryl methyl sites for hydroxylation is 2. The van der Waals surface area contributed by atoms with Crippen molar-refractivity contribution in [1.82, 2.24) is 19.2 Å². The molecule has 0 unspecified atom stereocenters. The number of hydrogen-bond acceptors (Lipinski definition) is 5. The van der Waals surface area contributed by atoms with Crippen molar-refractivity contribution in [3.05, 3.63) is 64.5 Å². The minimum atomic E-state index is -0.405. The van der Waals surface area contributed by atoms with Crippen LogP contribution < -0.4 is 5.69 Å². The number of fused-ring (bicyclic) bond motifs is 1. The van der Waals surface area contributed by atoms with Gasteiger partial charge in [-0.3, -0.25) is 9.38 Å². The number of carbonyl (C=O) groups is 1. The summed E-state index contributed by atoms with van der Waals surface area (Å²) in [5.74, 6) is -0.405. The van der Waals surface area contributed by atoms with Crippen molar-refractivity contribution in [3.8, 4) is 0 Å². The molecule has 0 aliphatic rings. The first kappa shape index (κ1) is 15.0. The molecule has 3 heterocycles. The molecule has 3 rings (SSSR count). The molecule has 0 atom stereocenters. The summed E-state index contributed by atoms with van der Waals surface area (Å²) in [6, 6.07) is 8.74. The summed E-state index contributed by atoms with van der Waals surface area (Å²) in [6.07, 6.45) is 3.81. The van der Waals surface area contributed by atoms with Gasteiger partial charge < -0.3 is 4.74 Å². The van der Waals surface area contributed by atoms with E-state index in [4.69, 9.17) is 4.74 Å². The highest BCUT2D eigenvalue weighted by atomic mass is 16.5. The van der Waals surface area contributed by atoms with Gasteiger partial charge in [-0.15, -0.1) is 5.10 Å². The summed E-state index contributed by atoms with van der Waals surface area (Å²) in [5.41, 5.74) is 1.49. The van der Waals surface area contributed by atoms with E-state index in [0.29, 0.717) is 29.9 Å². The van der Waals surface area contributed by atoms with Crippen molar-refractivity contribution in [2.24, 2.45) is 0 Å². The third-order valence-corrected chi connectivity index (χ3v) is 3.46. The van der Waals surface area contributed by atoms with Crippen LogP contribution in [-0.4, -0.2) is 31.7 Å². The summed E-state index contributed by atoms with van der Waals surface area (Å²) >= 11 is 0. The Balaban J connectivity index is 1.57. The predicted molar refractivity (Wildman–Crippen MR) is 83.3 cm³/mol. The Morgan fingerprint density at radius 1 is 1.26 bits per heavy atom. The number of esters is 1. The fourth-order valence-electron chi connectivity index (χ4n) is 2.27. The molecule has 0 aliphatic carbocycles. The van der Waals surface area contributed by atoms with Crippen LogP contribution in [0.5, 0.6) is 0 Å². The van der Waals surface area contributed by atoms with E-state index in [1.54, 1.807) is 43.6 Å². The van der Waals surface area contributed by atoms with Crippen LogP contribution >= 0.6 is 0 Å². The van der Waals surface area contributed by atoms with Gasteiger partial charge in [0.05, 0.1) is 17.9 Å². The number of pyridine rings is 2. The molecule has 0 radical (unpaired) electrons. The molecule has 0 aromatic carbocycles. The minimum absolute atomic E-state index is 0.199. The number of rotatable bonds is 5. The monoisotopic (exact) mass is 312 g/mol. The summed E-state index contributed by atoms with van der Waals surface area (Å²) in [4.78, 5) is 28.1. The van der Waals surface area contributed by atoms with Gasteiger partial charge in [0.1, 0.15) is 0 Å². The molecule has 0 amide bonds. The summed E-state index contributed by atoms with van der Waals surface area (Å²) in [7, 11) is 0. The average Bonchev–Trinajstić information content (AvgIpc) is 2.88. The molecule has 0 aliphatic heterocycles. The first-order valence-electron chi connectivity index (χ1n) is 7.30. The van der Waals surface area contributed by atoms with Crippen molar-refractivity contribution >= 4 is 11.6 Å². The highest BCUT2D eigenvalue weighted by Crippen LogP contribution is 2.06. The number of aromatic nitrogens is 4.